The molecule has 0 spiro atoms. The van der Waals surface area contributed by atoms with E-state index in [1.54, 1.807) is 23.1 Å². The molecule has 4 N–H and O–H groups in total. The molecule has 0 radical (unpaired) electrons. The van der Waals surface area contributed by atoms with Crippen LogP contribution in [-0.4, -0.2) is 71.0 Å². The number of ketones is 1. The Balaban J connectivity index is 1.36. The lowest BCUT2D eigenvalue weighted by Crippen LogP contribution is -2.55. The number of carbonyl (C=O) groups is 5. The maximum absolute atomic E-state index is 14.0. The molecule has 1 aromatic carbocycles. The van der Waals surface area contributed by atoms with Gasteiger partial charge in [-0.25, -0.2) is 0 Å². The zero-order valence-corrected chi connectivity index (χ0v) is 26.0. The topological polar surface area (TPSA) is 140 Å². The SMILES string of the molecule is CC(C)CCCNC(=O)C(=O)C(CC1CCNC1=O)NC(=O)C1C2CCCC2CN1C(=O)c1cc2c(Cl)cc(Cl)cc2[nH]1. The van der Waals surface area contributed by atoms with Crippen molar-refractivity contribution in [1.29, 1.82) is 0 Å². The summed E-state index contributed by atoms with van der Waals surface area (Å²) in [4.78, 5) is 71.1. The summed E-state index contributed by atoms with van der Waals surface area (Å²) in [5.74, 6) is -2.53. The van der Waals surface area contributed by atoms with Crippen molar-refractivity contribution in [3.05, 3.63) is 33.9 Å². The summed E-state index contributed by atoms with van der Waals surface area (Å²) in [7, 11) is 0. The first kappa shape index (κ1) is 31.3. The molecule has 3 aliphatic rings. The normalized spacial score (nSPS) is 23.8. The molecule has 1 aliphatic carbocycles. The van der Waals surface area contributed by atoms with Gasteiger partial charge in [0.2, 0.25) is 17.6 Å². The summed E-state index contributed by atoms with van der Waals surface area (Å²) in [6.07, 6.45) is 4.79. The van der Waals surface area contributed by atoms with Gasteiger partial charge in [-0.15, -0.1) is 0 Å². The fourth-order valence-corrected chi connectivity index (χ4v) is 7.43. The Hall–Kier alpha value is -3.11. The van der Waals surface area contributed by atoms with Crippen molar-refractivity contribution in [3.63, 3.8) is 0 Å². The number of benzene rings is 1. The van der Waals surface area contributed by atoms with E-state index < -0.39 is 35.6 Å². The maximum Gasteiger partial charge on any atom is 0.289 e. The van der Waals surface area contributed by atoms with Crippen molar-refractivity contribution in [3.8, 4) is 0 Å². The number of rotatable bonds is 11. The number of hydrogen-bond acceptors (Lipinski definition) is 5. The molecular weight excluding hydrogens is 593 g/mol. The monoisotopic (exact) mass is 631 g/mol. The van der Waals surface area contributed by atoms with E-state index in [-0.39, 0.29) is 35.8 Å². The van der Waals surface area contributed by atoms with Gasteiger partial charge in [0.25, 0.3) is 11.8 Å². The standard InChI is InChI=1S/C31H39Cl2N5O5/c1-16(2)5-4-9-34-30(42)27(39)24(11-17-8-10-35-28(17)40)37-29(41)26-20-7-3-6-18(20)15-38(26)31(43)25-14-21-22(33)12-19(32)13-23(21)36-25/h12-14,16-18,20,24,26,36H,3-11,15H2,1-2H3,(H,34,42)(H,35,40)(H,37,41). The van der Waals surface area contributed by atoms with Crippen LogP contribution in [0.5, 0.6) is 0 Å². The highest BCUT2D eigenvalue weighted by Crippen LogP contribution is 2.43. The predicted molar refractivity (Wildman–Crippen MR) is 164 cm³/mol. The number of hydrogen-bond donors (Lipinski definition) is 4. The van der Waals surface area contributed by atoms with Crippen LogP contribution in [0.1, 0.15) is 69.3 Å². The van der Waals surface area contributed by atoms with Gasteiger partial charge in [0, 0.05) is 41.5 Å². The van der Waals surface area contributed by atoms with Gasteiger partial charge in [0.05, 0.1) is 11.1 Å². The van der Waals surface area contributed by atoms with E-state index in [9.17, 15) is 24.0 Å². The van der Waals surface area contributed by atoms with Gasteiger partial charge >= 0.3 is 0 Å². The van der Waals surface area contributed by atoms with Gasteiger partial charge in [-0.05, 0) is 74.5 Å². The average molecular weight is 633 g/mol. The quantitative estimate of drug-likeness (QED) is 0.220. The highest BCUT2D eigenvalue weighted by atomic mass is 35.5. The van der Waals surface area contributed by atoms with Gasteiger partial charge in [-0.1, -0.05) is 43.5 Å². The second-order valence-corrected chi connectivity index (χ2v) is 13.4. The van der Waals surface area contributed by atoms with Crippen molar-refractivity contribution < 1.29 is 24.0 Å². The summed E-state index contributed by atoms with van der Waals surface area (Å²) >= 11 is 12.5. The van der Waals surface area contributed by atoms with Gasteiger partial charge in [0.1, 0.15) is 11.7 Å². The first-order valence-electron chi connectivity index (χ1n) is 15.2. The van der Waals surface area contributed by atoms with E-state index in [4.69, 9.17) is 23.2 Å². The van der Waals surface area contributed by atoms with E-state index in [2.05, 4.69) is 34.8 Å². The first-order chi connectivity index (χ1) is 20.5. The number of halogens is 2. The Morgan fingerprint density at radius 1 is 1.09 bits per heavy atom. The molecule has 3 heterocycles. The number of carbonyl (C=O) groups excluding carboxylic acids is 5. The third-order valence-electron chi connectivity index (χ3n) is 9.09. The van der Waals surface area contributed by atoms with Crippen LogP contribution in [-0.2, 0) is 19.2 Å². The molecule has 5 atom stereocenters. The molecule has 4 amide bonds. The van der Waals surface area contributed by atoms with E-state index >= 15 is 0 Å². The molecule has 2 saturated heterocycles. The Morgan fingerprint density at radius 2 is 1.88 bits per heavy atom. The van der Waals surface area contributed by atoms with Crippen LogP contribution in [0.15, 0.2) is 18.2 Å². The van der Waals surface area contributed by atoms with Crippen LogP contribution in [0.25, 0.3) is 10.9 Å². The number of amides is 4. The smallest absolute Gasteiger partial charge is 0.289 e. The molecule has 3 fully saturated rings. The number of aromatic amines is 1. The molecular formula is C31H39Cl2N5O5. The van der Waals surface area contributed by atoms with E-state index in [1.165, 1.54) is 0 Å². The molecule has 1 saturated carbocycles. The van der Waals surface area contributed by atoms with Gasteiger partial charge in [0.15, 0.2) is 0 Å². The van der Waals surface area contributed by atoms with Crippen LogP contribution in [0, 0.1) is 23.7 Å². The van der Waals surface area contributed by atoms with E-state index in [0.717, 1.165) is 32.1 Å². The minimum Gasteiger partial charge on any atom is -0.356 e. The minimum atomic E-state index is -1.18. The van der Waals surface area contributed by atoms with Crippen LogP contribution in [0.2, 0.25) is 10.0 Å². The van der Waals surface area contributed by atoms with Crippen molar-refractivity contribution in [1.82, 2.24) is 25.8 Å². The second-order valence-electron chi connectivity index (χ2n) is 12.5. The van der Waals surface area contributed by atoms with Crippen molar-refractivity contribution in [2.75, 3.05) is 19.6 Å². The Bertz CT molecular complexity index is 1420. The summed E-state index contributed by atoms with van der Waals surface area (Å²) in [5, 5.41) is 9.73. The van der Waals surface area contributed by atoms with Crippen LogP contribution in [0.4, 0.5) is 0 Å². The molecule has 232 valence electrons. The fraction of sp³-hybridized carbons (Fsp3) is 0.581. The van der Waals surface area contributed by atoms with E-state index in [0.29, 0.717) is 52.9 Å². The number of H-pyrrole nitrogens is 1. The minimum absolute atomic E-state index is 0.0197. The number of likely N-dealkylation sites (tertiary alicyclic amines) is 1. The highest BCUT2D eigenvalue weighted by Gasteiger charge is 2.50. The lowest BCUT2D eigenvalue weighted by Gasteiger charge is -2.29. The largest absolute Gasteiger partial charge is 0.356 e. The number of fused-ring (bicyclic) bond motifs is 2. The summed E-state index contributed by atoms with van der Waals surface area (Å²) in [5.41, 5.74) is 0.897. The third-order valence-corrected chi connectivity index (χ3v) is 9.62. The van der Waals surface area contributed by atoms with Gasteiger partial charge in [-0.2, -0.15) is 0 Å². The average Bonchev–Trinajstić information content (AvgIpc) is 3.74. The number of nitrogens with zero attached hydrogens (tertiary/aromatic N) is 1. The van der Waals surface area contributed by atoms with Crippen LogP contribution >= 0.6 is 23.2 Å². The Labute approximate surface area is 261 Å². The Kier molecular flexibility index (Phi) is 9.66. The lowest BCUT2D eigenvalue weighted by molar-refractivity contribution is -0.141. The van der Waals surface area contributed by atoms with E-state index in [1.807, 2.05) is 0 Å². The van der Waals surface area contributed by atoms with Crippen molar-refractivity contribution >= 4 is 63.5 Å². The van der Waals surface area contributed by atoms with Crippen molar-refractivity contribution in [2.24, 2.45) is 23.7 Å². The molecule has 12 heteroatoms. The van der Waals surface area contributed by atoms with Crippen LogP contribution < -0.4 is 16.0 Å². The molecule has 5 rings (SSSR count). The zero-order chi connectivity index (χ0) is 30.8. The first-order valence-corrected chi connectivity index (χ1v) is 16.0. The van der Waals surface area contributed by atoms with Crippen LogP contribution in [0.3, 0.4) is 0 Å². The maximum atomic E-state index is 14.0. The molecule has 2 aromatic rings. The van der Waals surface area contributed by atoms with Crippen molar-refractivity contribution in [2.45, 2.75) is 70.9 Å². The third kappa shape index (κ3) is 6.85. The fourth-order valence-electron chi connectivity index (χ4n) is 6.88. The van der Waals surface area contributed by atoms with Gasteiger partial charge in [-0.3, -0.25) is 24.0 Å². The number of nitrogens with one attached hydrogen (secondary N) is 4. The molecule has 0 bridgehead atoms. The highest BCUT2D eigenvalue weighted by molar-refractivity contribution is 6.39. The molecule has 43 heavy (non-hydrogen) atoms. The molecule has 1 aromatic heterocycles. The molecule has 5 unspecified atom stereocenters. The second kappa shape index (κ2) is 13.3. The molecule has 2 aliphatic heterocycles. The summed E-state index contributed by atoms with van der Waals surface area (Å²) in [6.45, 7) is 5.40. The number of aromatic nitrogens is 1. The predicted octanol–water partition coefficient (Wildman–Crippen LogP) is 3.85. The zero-order valence-electron chi connectivity index (χ0n) is 24.5. The number of Topliss-reactive ketones (excluding diaryl/α,β-unsaturated/α-hetero) is 1. The summed E-state index contributed by atoms with van der Waals surface area (Å²) in [6, 6.07) is 2.96. The summed E-state index contributed by atoms with van der Waals surface area (Å²) < 4.78 is 0. The van der Waals surface area contributed by atoms with Gasteiger partial charge < -0.3 is 25.8 Å². The Morgan fingerprint density at radius 3 is 2.60 bits per heavy atom. The lowest BCUT2D eigenvalue weighted by atomic mass is 9.91. The molecule has 10 nitrogen and oxygen atoms in total.